The van der Waals surface area contributed by atoms with Gasteiger partial charge in [0.25, 0.3) is 0 Å². The fourth-order valence-electron chi connectivity index (χ4n) is 2.24. The standard InChI is InChI=1S/C10H14N2O2S/c11-4-3-10(7-15(13,14)8-10)9-1-5-12-6-2-9/h1-2,5-6H,3-4,7-8,11H2. The van der Waals surface area contributed by atoms with Gasteiger partial charge in [-0.2, -0.15) is 0 Å². The highest BCUT2D eigenvalue weighted by molar-refractivity contribution is 7.93. The van der Waals surface area contributed by atoms with Crippen LogP contribution in [0.1, 0.15) is 12.0 Å². The minimum absolute atomic E-state index is 0.223. The molecule has 1 aliphatic heterocycles. The number of rotatable bonds is 3. The topological polar surface area (TPSA) is 73.0 Å². The van der Waals surface area contributed by atoms with E-state index in [1.54, 1.807) is 12.4 Å². The third kappa shape index (κ3) is 1.89. The monoisotopic (exact) mass is 226 g/mol. The van der Waals surface area contributed by atoms with E-state index >= 15 is 0 Å². The summed E-state index contributed by atoms with van der Waals surface area (Å²) in [6.07, 6.45) is 4.10. The maximum atomic E-state index is 11.3. The highest BCUT2D eigenvalue weighted by Gasteiger charge is 2.48. The third-order valence-corrected chi connectivity index (χ3v) is 4.89. The largest absolute Gasteiger partial charge is 0.330 e. The van der Waals surface area contributed by atoms with Crippen molar-refractivity contribution in [3.8, 4) is 0 Å². The Morgan fingerprint density at radius 1 is 1.33 bits per heavy atom. The summed E-state index contributed by atoms with van der Waals surface area (Å²) in [5, 5.41) is 0. The predicted molar refractivity (Wildman–Crippen MR) is 58.2 cm³/mol. The smallest absolute Gasteiger partial charge is 0.152 e. The van der Waals surface area contributed by atoms with Crippen molar-refractivity contribution in [3.05, 3.63) is 30.1 Å². The van der Waals surface area contributed by atoms with Gasteiger partial charge in [-0.3, -0.25) is 4.98 Å². The molecular weight excluding hydrogens is 212 g/mol. The maximum absolute atomic E-state index is 11.3. The Morgan fingerprint density at radius 2 is 1.93 bits per heavy atom. The number of aromatic nitrogens is 1. The van der Waals surface area contributed by atoms with Crippen LogP contribution >= 0.6 is 0 Å². The highest BCUT2D eigenvalue weighted by atomic mass is 32.2. The molecule has 0 saturated carbocycles. The highest BCUT2D eigenvalue weighted by Crippen LogP contribution is 2.39. The number of nitrogens with two attached hydrogens (primary N) is 1. The first-order valence-electron chi connectivity index (χ1n) is 4.89. The van der Waals surface area contributed by atoms with E-state index in [0.717, 1.165) is 12.0 Å². The summed E-state index contributed by atoms with van der Waals surface area (Å²) in [5.74, 6) is 0.447. The van der Waals surface area contributed by atoms with Gasteiger partial charge in [-0.25, -0.2) is 8.42 Å². The lowest BCUT2D eigenvalue weighted by Crippen LogP contribution is -2.53. The predicted octanol–water partition coefficient (Wildman–Crippen LogP) is 0.0966. The maximum Gasteiger partial charge on any atom is 0.152 e. The van der Waals surface area contributed by atoms with Gasteiger partial charge < -0.3 is 5.73 Å². The van der Waals surface area contributed by atoms with Crippen molar-refractivity contribution >= 4 is 9.84 Å². The molecule has 1 fully saturated rings. The fourth-order valence-corrected chi connectivity index (χ4v) is 4.46. The van der Waals surface area contributed by atoms with Crippen LogP contribution < -0.4 is 5.73 Å². The van der Waals surface area contributed by atoms with E-state index in [1.807, 2.05) is 12.1 Å². The van der Waals surface area contributed by atoms with E-state index in [-0.39, 0.29) is 16.9 Å². The first-order chi connectivity index (χ1) is 7.08. The second-order valence-corrected chi connectivity index (χ2v) is 6.15. The van der Waals surface area contributed by atoms with Crippen LogP contribution in [0, 0.1) is 0 Å². The molecule has 1 aromatic rings. The van der Waals surface area contributed by atoms with E-state index < -0.39 is 9.84 Å². The van der Waals surface area contributed by atoms with Crippen LogP contribution in [0.25, 0.3) is 0 Å². The zero-order chi connectivity index (χ0) is 10.9. The molecule has 0 aromatic carbocycles. The summed E-state index contributed by atoms with van der Waals surface area (Å²) in [6.45, 7) is 0.512. The second-order valence-electron chi connectivity index (χ2n) is 4.09. The molecule has 1 saturated heterocycles. The summed E-state index contributed by atoms with van der Waals surface area (Å²) in [4.78, 5) is 3.93. The van der Waals surface area contributed by atoms with Gasteiger partial charge in [0.2, 0.25) is 0 Å². The van der Waals surface area contributed by atoms with E-state index in [0.29, 0.717) is 6.54 Å². The van der Waals surface area contributed by atoms with Crippen molar-refractivity contribution in [1.82, 2.24) is 4.98 Å². The summed E-state index contributed by atoms with van der Waals surface area (Å²) in [7, 11) is -2.84. The summed E-state index contributed by atoms with van der Waals surface area (Å²) < 4.78 is 22.6. The zero-order valence-electron chi connectivity index (χ0n) is 8.39. The van der Waals surface area contributed by atoms with Gasteiger partial charge in [-0.05, 0) is 30.7 Å². The fraction of sp³-hybridized carbons (Fsp3) is 0.500. The molecule has 15 heavy (non-hydrogen) atoms. The van der Waals surface area contributed by atoms with E-state index in [1.165, 1.54) is 0 Å². The summed E-state index contributed by atoms with van der Waals surface area (Å²) >= 11 is 0. The first-order valence-corrected chi connectivity index (χ1v) is 6.71. The van der Waals surface area contributed by atoms with Gasteiger partial charge in [0, 0.05) is 17.8 Å². The van der Waals surface area contributed by atoms with Crippen molar-refractivity contribution in [1.29, 1.82) is 0 Å². The number of hydrogen-bond acceptors (Lipinski definition) is 4. The average Bonchev–Trinajstić information content (AvgIpc) is 2.16. The van der Waals surface area contributed by atoms with Crippen LogP contribution in [0.2, 0.25) is 0 Å². The van der Waals surface area contributed by atoms with Crippen LogP contribution in [0.15, 0.2) is 24.5 Å². The molecule has 1 aliphatic rings. The molecule has 0 bridgehead atoms. The Kier molecular flexibility index (Phi) is 2.52. The van der Waals surface area contributed by atoms with E-state index in [9.17, 15) is 8.42 Å². The molecule has 2 N–H and O–H groups in total. The van der Waals surface area contributed by atoms with Gasteiger partial charge in [0.15, 0.2) is 9.84 Å². The average molecular weight is 226 g/mol. The number of nitrogens with zero attached hydrogens (tertiary/aromatic N) is 1. The number of pyridine rings is 1. The molecule has 2 rings (SSSR count). The van der Waals surface area contributed by atoms with Gasteiger partial charge >= 0.3 is 0 Å². The Balaban J connectivity index is 2.30. The Bertz CT molecular complexity index is 430. The van der Waals surface area contributed by atoms with Gasteiger partial charge in [0.05, 0.1) is 11.5 Å². The molecule has 0 atom stereocenters. The van der Waals surface area contributed by atoms with Crippen LogP contribution in [0.4, 0.5) is 0 Å². The molecule has 0 spiro atoms. The lowest BCUT2D eigenvalue weighted by atomic mass is 9.81. The first kappa shape index (κ1) is 10.6. The van der Waals surface area contributed by atoms with Crippen LogP contribution in [-0.4, -0.2) is 31.5 Å². The molecule has 82 valence electrons. The molecule has 0 aliphatic carbocycles. The second kappa shape index (κ2) is 3.57. The van der Waals surface area contributed by atoms with Crippen molar-refractivity contribution < 1.29 is 8.42 Å². The van der Waals surface area contributed by atoms with Crippen molar-refractivity contribution in [2.75, 3.05) is 18.1 Å². The van der Waals surface area contributed by atoms with E-state index in [2.05, 4.69) is 4.98 Å². The van der Waals surface area contributed by atoms with Gasteiger partial charge in [0.1, 0.15) is 0 Å². The van der Waals surface area contributed by atoms with Gasteiger partial charge in [-0.1, -0.05) is 0 Å². The SMILES string of the molecule is NCCC1(c2ccncc2)CS(=O)(=O)C1. The molecule has 1 aromatic heterocycles. The molecular formula is C10H14N2O2S. The van der Waals surface area contributed by atoms with Crippen molar-refractivity contribution in [2.45, 2.75) is 11.8 Å². The Hall–Kier alpha value is -0.940. The Labute approximate surface area is 89.4 Å². The zero-order valence-corrected chi connectivity index (χ0v) is 9.20. The normalized spacial score (nSPS) is 21.9. The van der Waals surface area contributed by atoms with Crippen LogP contribution in [0.5, 0.6) is 0 Å². The molecule has 5 heteroatoms. The summed E-state index contributed by atoms with van der Waals surface area (Å²) in [6, 6.07) is 3.76. The molecule has 0 unspecified atom stereocenters. The lowest BCUT2D eigenvalue weighted by Gasteiger charge is -2.41. The molecule has 0 radical (unpaired) electrons. The minimum atomic E-state index is -2.84. The minimum Gasteiger partial charge on any atom is -0.330 e. The van der Waals surface area contributed by atoms with Gasteiger partial charge in [-0.15, -0.1) is 0 Å². The van der Waals surface area contributed by atoms with Crippen LogP contribution in [0.3, 0.4) is 0 Å². The third-order valence-electron chi connectivity index (χ3n) is 2.91. The Morgan fingerprint density at radius 3 is 2.40 bits per heavy atom. The van der Waals surface area contributed by atoms with E-state index in [4.69, 9.17) is 5.73 Å². The number of hydrogen-bond donors (Lipinski definition) is 1. The number of sulfone groups is 1. The lowest BCUT2D eigenvalue weighted by molar-refractivity contribution is 0.432. The van der Waals surface area contributed by atoms with Crippen LogP contribution in [-0.2, 0) is 15.3 Å². The van der Waals surface area contributed by atoms with Crippen molar-refractivity contribution in [2.24, 2.45) is 5.73 Å². The quantitative estimate of drug-likeness (QED) is 0.793. The molecule has 4 nitrogen and oxygen atoms in total. The summed E-state index contributed by atoms with van der Waals surface area (Å²) in [5.41, 5.74) is 6.33. The van der Waals surface area contributed by atoms with Crippen molar-refractivity contribution in [3.63, 3.8) is 0 Å². The molecule has 2 heterocycles. The molecule has 0 amide bonds.